The van der Waals surface area contributed by atoms with Crippen LogP contribution in [0.25, 0.3) is 0 Å². The molecule has 0 fully saturated rings. The van der Waals surface area contributed by atoms with E-state index < -0.39 is 19.9 Å². The smallest absolute Gasteiger partial charge is 0.362 e. The minimum absolute atomic E-state index is 0.0440. The fourth-order valence-corrected chi connectivity index (χ4v) is 1.38. The van der Waals surface area contributed by atoms with Crippen molar-refractivity contribution in [2.45, 2.75) is 13.5 Å². The number of pyridine rings is 1. The lowest BCUT2D eigenvalue weighted by Crippen LogP contribution is -2.15. The van der Waals surface area contributed by atoms with Crippen LogP contribution in [-0.2, 0) is 15.7 Å². The largest absolute Gasteiger partial charge is 0.469 e. The van der Waals surface area contributed by atoms with Crippen molar-refractivity contribution in [3.63, 3.8) is 0 Å². The van der Waals surface area contributed by atoms with Crippen LogP contribution in [0, 0.1) is 6.92 Å². The Balaban J connectivity index is 3.00. The second-order valence-corrected chi connectivity index (χ2v) is 4.30. The van der Waals surface area contributed by atoms with Crippen molar-refractivity contribution in [1.29, 1.82) is 0 Å². The van der Waals surface area contributed by atoms with Gasteiger partial charge in [-0.05, 0) is 6.92 Å². The molecule has 0 spiro atoms. The summed E-state index contributed by atoms with van der Waals surface area (Å²) in [5.41, 5.74) is -0.118. The van der Waals surface area contributed by atoms with Crippen LogP contribution in [0.15, 0.2) is 11.0 Å². The van der Waals surface area contributed by atoms with Crippen LogP contribution in [0.3, 0.4) is 0 Å². The average Bonchev–Trinajstić information content (AvgIpc) is 2.19. The summed E-state index contributed by atoms with van der Waals surface area (Å²) >= 11 is 0. The number of aromatic nitrogens is 1. The van der Waals surface area contributed by atoms with Crippen molar-refractivity contribution in [2.24, 2.45) is 0 Å². The van der Waals surface area contributed by atoms with Crippen LogP contribution in [0.2, 0.25) is 0 Å². The molecule has 1 rings (SSSR count). The zero-order valence-corrected chi connectivity index (χ0v) is 9.23. The first-order valence-electron chi connectivity index (χ1n) is 4.21. The van der Waals surface area contributed by atoms with Gasteiger partial charge in [0.25, 0.3) is 0 Å². The summed E-state index contributed by atoms with van der Waals surface area (Å²) in [4.78, 5) is 41.4. The van der Waals surface area contributed by atoms with Gasteiger partial charge in [-0.25, -0.2) is 4.57 Å². The molecule has 3 N–H and O–H groups in total. The van der Waals surface area contributed by atoms with Gasteiger partial charge in [0, 0.05) is 17.5 Å². The predicted molar refractivity (Wildman–Crippen MR) is 54.0 cm³/mol. The van der Waals surface area contributed by atoms with E-state index in [9.17, 15) is 14.2 Å². The lowest BCUT2D eigenvalue weighted by atomic mass is 10.1. The molecule has 0 radical (unpaired) electrons. The van der Waals surface area contributed by atoms with E-state index in [1.165, 1.54) is 13.1 Å². The lowest BCUT2D eigenvalue weighted by Gasteiger charge is -2.07. The first-order chi connectivity index (χ1) is 7.35. The number of phosphoric acid groups is 1. The summed E-state index contributed by atoms with van der Waals surface area (Å²) in [6.45, 7) is 1.01. The molecule has 0 saturated heterocycles. The van der Waals surface area contributed by atoms with Crippen molar-refractivity contribution < 1.29 is 23.7 Å². The molecule has 0 amide bonds. The average molecular weight is 247 g/mol. The molecule has 0 aliphatic carbocycles. The fraction of sp³-hybridized carbons (Fsp3) is 0.250. The van der Waals surface area contributed by atoms with E-state index in [1.807, 2.05) is 0 Å². The Kier molecular flexibility index (Phi) is 3.77. The van der Waals surface area contributed by atoms with Gasteiger partial charge >= 0.3 is 7.82 Å². The number of hydrogen-bond donors (Lipinski definition) is 3. The number of carbonyl (C=O) groups is 1. The Bertz CT molecular complexity index is 502. The van der Waals surface area contributed by atoms with Gasteiger partial charge in [-0.3, -0.25) is 14.1 Å². The van der Waals surface area contributed by atoms with Gasteiger partial charge in [0.05, 0.1) is 12.2 Å². The second kappa shape index (κ2) is 4.71. The van der Waals surface area contributed by atoms with Crippen molar-refractivity contribution in [3.8, 4) is 0 Å². The Morgan fingerprint density at radius 1 is 1.56 bits per heavy atom. The molecule has 7 nitrogen and oxygen atoms in total. The molecule has 0 aliphatic rings. The Morgan fingerprint density at radius 3 is 2.69 bits per heavy atom. The number of H-pyrrole nitrogens is 1. The lowest BCUT2D eigenvalue weighted by molar-refractivity contribution is 0.112. The molecule has 0 aliphatic heterocycles. The van der Waals surface area contributed by atoms with Crippen LogP contribution >= 0.6 is 7.82 Å². The molecule has 0 saturated carbocycles. The molecule has 8 heteroatoms. The third kappa shape index (κ3) is 3.11. The van der Waals surface area contributed by atoms with Gasteiger partial charge < -0.3 is 14.8 Å². The Hall–Kier alpha value is -1.27. The first-order valence-corrected chi connectivity index (χ1v) is 5.74. The van der Waals surface area contributed by atoms with E-state index >= 15 is 0 Å². The number of aromatic amines is 1. The van der Waals surface area contributed by atoms with Crippen molar-refractivity contribution in [3.05, 3.63) is 33.2 Å². The number of hydrogen-bond acceptors (Lipinski definition) is 4. The quantitative estimate of drug-likeness (QED) is 0.513. The van der Waals surface area contributed by atoms with Gasteiger partial charge in [-0.2, -0.15) is 0 Å². The topological polar surface area (TPSA) is 117 Å². The summed E-state index contributed by atoms with van der Waals surface area (Å²) in [6.07, 6.45) is 1.57. The highest BCUT2D eigenvalue weighted by molar-refractivity contribution is 7.46. The summed E-state index contributed by atoms with van der Waals surface area (Å²) in [6, 6.07) is 0. The molecule has 0 aromatic carbocycles. The minimum atomic E-state index is -4.58. The molecule has 1 aromatic rings. The number of nitrogens with one attached hydrogen (secondary N) is 1. The third-order valence-electron chi connectivity index (χ3n) is 1.96. The minimum Gasteiger partial charge on any atom is -0.362 e. The molecule has 1 aromatic heterocycles. The number of carbonyl (C=O) groups excluding carboxylic acids is 1. The maximum atomic E-state index is 11.4. The Labute approximate surface area is 90.3 Å². The molecule has 0 bridgehead atoms. The van der Waals surface area contributed by atoms with Crippen molar-refractivity contribution >= 4 is 14.1 Å². The molecule has 88 valence electrons. The van der Waals surface area contributed by atoms with Gasteiger partial charge in [0.15, 0.2) is 11.7 Å². The van der Waals surface area contributed by atoms with Crippen molar-refractivity contribution in [2.75, 3.05) is 0 Å². The zero-order chi connectivity index (χ0) is 12.3. The van der Waals surface area contributed by atoms with E-state index in [0.717, 1.165) is 0 Å². The molecule has 0 atom stereocenters. The van der Waals surface area contributed by atoms with Crippen LogP contribution in [0.5, 0.6) is 0 Å². The maximum Gasteiger partial charge on any atom is 0.469 e. The predicted octanol–water partition coefficient (Wildman–Crippen LogP) is 0.105. The van der Waals surface area contributed by atoms with Gasteiger partial charge in [-0.15, -0.1) is 0 Å². The van der Waals surface area contributed by atoms with Crippen LogP contribution < -0.4 is 5.43 Å². The molecule has 1 heterocycles. The summed E-state index contributed by atoms with van der Waals surface area (Å²) in [7, 11) is -4.58. The Morgan fingerprint density at radius 2 is 2.19 bits per heavy atom. The normalized spacial score (nSPS) is 11.4. The van der Waals surface area contributed by atoms with Gasteiger partial charge in [0.1, 0.15) is 0 Å². The number of aldehydes is 1. The summed E-state index contributed by atoms with van der Waals surface area (Å²) in [5, 5.41) is 0. The molecule has 16 heavy (non-hydrogen) atoms. The second-order valence-electron chi connectivity index (χ2n) is 3.06. The summed E-state index contributed by atoms with van der Waals surface area (Å²) < 4.78 is 14.7. The van der Waals surface area contributed by atoms with E-state index in [2.05, 4.69) is 9.51 Å². The fourth-order valence-electron chi connectivity index (χ4n) is 1.08. The maximum absolute atomic E-state index is 11.4. The monoisotopic (exact) mass is 247 g/mol. The highest BCUT2D eigenvalue weighted by Gasteiger charge is 2.16. The third-order valence-corrected chi connectivity index (χ3v) is 2.43. The first kappa shape index (κ1) is 12.8. The molecular weight excluding hydrogens is 237 g/mol. The standard InChI is InChI=1S/C8H10NO6P/c1-5-7(4-15-16(12,13)14)9-2-6(3-10)8(5)11/h2-3H,4H2,1H3,(H,9,11)(H2,12,13,14). The number of phosphoric ester groups is 1. The van der Waals surface area contributed by atoms with Crippen LogP contribution in [0.4, 0.5) is 0 Å². The van der Waals surface area contributed by atoms with E-state index in [-0.39, 0.29) is 16.8 Å². The molecular formula is C8H10NO6P. The van der Waals surface area contributed by atoms with Gasteiger partial charge in [-0.1, -0.05) is 0 Å². The summed E-state index contributed by atoms with van der Waals surface area (Å²) in [5.74, 6) is 0. The highest BCUT2D eigenvalue weighted by Crippen LogP contribution is 2.36. The van der Waals surface area contributed by atoms with Crippen LogP contribution in [0.1, 0.15) is 21.6 Å². The molecule has 0 unspecified atom stereocenters. The highest BCUT2D eigenvalue weighted by atomic mass is 31.2. The van der Waals surface area contributed by atoms with E-state index in [1.54, 1.807) is 0 Å². The van der Waals surface area contributed by atoms with E-state index in [0.29, 0.717) is 6.29 Å². The van der Waals surface area contributed by atoms with Crippen molar-refractivity contribution in [1.82, 2.24) is 4.98 Å². The van der Waals surface area contributed by atoms with Crippen LogP contribution in [-0.4, -0.2) is 21.1 Å². The zero-order valence-electron chi connectivity index (χ0n) is 8.34. The van der Waals surface area contributed by atoms with Gasteiger partial charge in [0.2, 0.25) is 0 Å². The van der Waals surface area contributed by atoms with E-state index in [4.69, 9.17) is 9.79 Å². The SMILES string of the molecule is Cc1c(COP(=O)(O)O)[nH]cc(C=O)c1=O. The number of rotatable bonds is 4.